The van der Waals surface area contributed by atoms with E-state index in [0.29, 0.717) is 10.8 Å². The largest absolute Gasteiger partial charge is 0.478 e. The van der Waals surface area contributed by atoms with Crippen LogP contribution in [0.5, 0.6) is 11.5 Å². The normalized spacial score (nSPS) is 10.2. The van der Waals surface area contributed by atoms with Crippen molar-refractivity contribution in [1.29, 1.82) is 0 Å². The Labute approximate surface area is 124 Å². The van der Waals surface area contributed by atoms with Gasteiger partial charge < -0.3 is 9.84 Å². The maximum Gasteiger partial charge on any atom is 0.336 e. The van der Waals surface area contributed by atoms with E-state index in [-0.39, 0.29) is 22.6 Å². The number of carboxylic acid groups (broad SMARTS) is 1. The summed E-state index contributed by atoms with van der Waals surface area (Å²) in [6, 6.07) is 8.80. The van der Waals surface area contributed by atoms with Gasteiger partial charge in [0.1, 0.15) is 11.5 Å². The maximum absolute atomic E-state index is 11.1. The number of hydrogen-bond acceptors (Lipinski definition) is 4. The highest BCUT2D eigenvalue weighted by Gasteiger charge is 2.20. The summed E-state index contributed by atoms with van der Waals surface area (Å²) in [6.07, 6.45) is 0. The lowest BCUT2D eigenvalue weighted by Gasteiger charge is -2.11. The van der Waals surface area contributed by atoms with Crippen molar-refractivity contribution in [2.24, 2.45) is 0 Å². The van der Waals surface area contributed by atoms with Crippen molar-refractivity contribution in [2.75, 3.05) is 0 Å². The fourth-order valence-electron chi connectivity index (χ4n) is 1.74. The van der Waals surface area contributed by atoms with Crippen molar-refractivity contribution in [3.63, 3.8) is 0 Å². The molecule has 1 N–H and O–H groups in total. The summed E-state index contributed by atoms with van der Waals surface area (Å²) in [5.41, 5.74) is -0.323. The Balaban J connectivity index is 2.55. The van der Waals surface area contributed by atoms with Gasteiger partial charge in [0, 0.05) is 6.07 Å². The van der Waals surface area contributed by atoms with E-state index in [1.165, 1.54) is 13.0 Å². The number of nitro benzene ring substituents is 1. The molecule has 0 spiro atoms. The maximum atomic E-state index is 11.1. The summed E-state index contributed by atoms with van der Waals surface area (Å²) in [5, 5.41) is 20.3. The number of para-hydroxylation sites is 1. The first kappa shape index (κ1) is 14.8. The minimum atomic E-state index is -1.28. The molecule has 0 saturated carbocycles. The van der Waals surface area contributed by atoms with Gasteiger partial charge in [-0.1, -0.05) is 23.7 Å². The van der Waals surface area contributed by atoms with Crippen LogP contribution in [-0.4, -0.2) is 16.0 Å². The van der Waals surface area contributed by atoms with Gasteiger partial charge in [-0.2, -0.15) is 0 Å². The average Bonchev–Trinajstić information content (AvgIpc) is 2.42. The second kappa shape index (κ2) is 5.80. The highest BCUT2D eigenvalue weighted by Crippen LogP contribution is 2.35. The van der Waals surface area contributed by atoms with Gasteiger partial charge in [0.05, 0.1) is 21.1 Å². The summed E-state index contributed by atoms with van der Waals surface area (Å²) >= 11 is 5.96. The molecule has 0 heterocycles. The zero-order chi connectivity index (χ0) is 15.6. The summed E-state index contributed by atoms with van der Waals surface area (Å²) < 4.78 is 5.52. The number of nitrogens with zero attached hydrogens (tertiary/aromatic N) is 1. The van der Waals surface area contributed by atoms with Gasteiger partial charge in [-0.25, -0.2) is 4.79 Å². The Morgan fingerprint density at radius 1 is 1.29 bits per heavy atom. The van der Waals surface area contributed by atoms with Crippen LogP contribution in [-0.2, 0) is 0 Å². The average molecular weight is 308 g/mol. The van der Waals surface area contributed by atoms with E-state index >= 15 is 0 Å². The minimum Gasteiger partial charge on any atom is -0.478 e. The third-order valence-corrected chi connectivity index (χ3v) is 3.15. The topological polar surface area (TPSA) is 89.7 Å². The number of ether oxygens (including phenoxy) is 1. The summed E-state index contributed by atoms with van der Waals surface area (Å²) in [6.45, 7) is 1.48. The van der Waals surface area contributed by atoms with E-state index in [1.807, 2.05) is 0 Å². The molecule has 0 bridgehead atoms. The van der Waals surface area contributed by atoms with Crippen molar-refractivity contribution >= 4 is 23.3 Å². The molecule has 0 fully saturated rings. The molecule has 0 aliphatic carbocycles. The first-order valence-electron chi connectivity index (χ1n) is 5.85. The zero-order valence-corrected chi connectivity index (χ0v) is 11.6. The quantitative estimate of drug-likeness (QED) is 0.680. The van der Waals surface area contributed by atoms with E-state index < -0.39 is 10.9 Å². The van der Waals surface area contributed by atoms with E-state index in [1.54, 1.807) is 24.3 Å². The molecule has 6 nitrogen and oxygen atoms in total. The molecular weight excluding hydrogens is 298 g/mol. The molecule has 0 aliphatic rings. The van der Waals surface area contributed by atoms with Gasteiger partial charge in [-0.05, 0) is 25.1 Å². The molecule has 0 amide bonds. The molecule has 0 aromatic heterocycles. The monoisotopic (exact) mass is 307 g/mol. The van der Waals surface area contributed by atoms with Gasteiger partial charge in [-0.3, -0.25) is 10.1 Å². The highest BCUT2D eigenvalue weighted by molar-refractivity contribution is 6.32. The van der Waals surface area contributed by atoms with Crippen LogP contribution in [0.4, 0.5) is 5.69 Å². The van der Waals surface area contributed by atoms with Gasteiger partial charge in [0.15, 0.2) is 0 Å². The summed E-state index contributed by atoms with van der Waals surface area (Å²) in [5.74, 6) is -0.907. The lowest BCUT2D eigenvalue weighted by atomic mass is 10.1. The fourth-order valence-corrected chi connectivity index (χ4v) is 1.91. The van der Waals surface area contributed by atoms with Crippen molar-refractivity contribution in [1.82, 2.24) is 0 Å². The molecule has 0 atom stereocenters. The Bertz CT molecular complexity index is 729. The molecule has 0 radical (unpaired) electrons. The molecule has 7 heteroatoms. The number of aromatic carboxylic acids is 1. The smallest absolute Gasteiger partial charge is 0.336 e. The van der Waals surface area contributed by atoms with Gasteiger partial charge >= 0.3 is 5.97 Å². The zero-order valence-electron chi connectivity index (χ0n) is 10.9. The van der Waals surface area contributed by atoms with Gasteiger partial charge in [-0.15, -0.1) is 0 Å². The predicted octanol–water partition coefficient (Wildman–Crippen LogP) is 4.05. The van der Waals surface area contributed by atoms with E-state index in [9.17, 15) is 14.9 Å². The van der Waals surface area contributed by atoms with Crippen molar-refractivity contribution in [2.45, 2.75) is 6.92 Å². The van der Waals surface area contributed by atoms with E-state index in [0.717, 1.165) is 6.07 Å². The first-order chi connectivity index (χ1) is 9.90. The van der Waals surface area contributed by atoms with Crippen LogP contribution in [0, 0.1) is 17.0 Å². The van der Waals surface area contributed by atoms with E-state index in [2.05, 4.69) is 0 Å². The minimum absolute atomic E-state index is 0.0784. The number of rotatable bonds is 4. The Morgan fingerprint density at radius 3 is 2.52 bits per heavy atom. The molecule has 0 unspecified atom stereocenters. The van der Waals surface area contributed by atoms with Crippen LogP contribution < -0.4 is 4.74 Å². The SMILES string of the molecule is Cc1c(Oc2ccccc2Cl)cc(C(=O)O)cc1[N+](=O)[O-]. The Hall–Kier alpha value is -2.60. The molecule has 2 aromatic carbocycles. The fraction of sp³-hybridized carbons (Fsp3) is 0.0714. The summed E-state index contributed by atoms with van der Waals surface area (Å²) in [7, 11) is 0. The number of hydrogen-bond donors (Lipinski definition) is 1. The van der Waals surface area contributed by atoms with Crippen LogP contribution in [0.25, 0.3) is 0 Å². The van der Waals surface area contributed by atoms with Crippen LogP contribution >= 0.6 is 11.6 Å². The molecule has 0 aliphatic heterocycles. The van der Waals surface area contributed by atoms with Crippen LogP contribution in [0.1, 0.15) is 15.9 Å². The molecule has 108 valence electrons. The Kier molecular flexibility index (Phi) is 4.09. The molecule has 0 saturated heterocycles. The molecule has 2 aromatic rings. The lowest BCUT2D eigenvalue weighted by Crippen LogP contribution is -2.02. The predicted molar refractivity (Wildman–Crippen MR) is 76.3 cm³/mol. The van der Waals surface area contributed by atoms with Crippen molar-refractivity contribution in [3.8, 4) is 11.5 Å². The number of halogens is 1. The third kappa shape index (κ3) is 3.11. The van der Waals surface area contributed by atoms with E-state index in [4.69, 9.17) is 21.4 Å². The Morgan fingerprint density at radius 2 is 1.95 bits per heavy atom. The molecule has 21 heavy (non-hydrogen) atoms. The summed E-state index contributed by atoms with van der Waals surface area (Å²) in [4.78, 5) is 21.4. The van der Waals surface area contributed by atoms with Gasteiger partial charge in [0.25, 0.3) is 5.69 Å². The molecular formula is C14H10ClNO5. The molecule has 2 rings (SSSR count). The number of benzene rings is 2. The van der Waals surface area contributed by atoms with Crippen LogP contribution in [0.15, 0.2) is 36.4 Å². The van der Waals surface area contributed by atoms with Crippen molar-refractivity contribution in [3.05, 3.63) is 62.7 Å². The first-order valence-corrected chi connectivity index (χ1v) is 6.22. The second-order valence-electron chi connectivity index (χ2n) is 4.21. The van der Waals surface area contributed by atoms with Crippen molar-refractivity contribution < 1.29 is 19.6 Å². The van der Waals surface area contributed by atoms with Crippen LogP contribution in [0.3, 0.4) is 0 Å². The highest BCUT2D eigenvalue weighted by atomic mass is 35.5. The lowest BCUT2D eigenvalue weighted by molar-refractivity contribution is -0.385. The number of carbonyl (C=O) groups is 1. The van der Waals surface area contributed by atoms with Crippen LogP contribution in [0.2, 0.25) is 5.02 Å². The van der Waals surface area contributed by atoms with Gasteiger partial charge in [0.2, 0.25) is 0 Å². The standard InChI is InChI=1S/C14H10ClNO5/c1-8-11(16(19)20)6-9(14(17)18)7-13(8)21-12-5-3-2-4-10(12)15/h2-7H,1H3,(H,17,18). The number of carboxylic acids is 1. The number of nitro groups is 1. The second-order valence-corrected chi connectivity index (χ2v) is 4.62. The third-order valence-electron chi connectivity index (χ3n) is 2.83.